The van der Waals surface area contributed by atoms with Gasteiger partial charge in [0, 0.05) is 6.54 Å². The van der Waals surface area contributed by atoms with Crippen molar-refractivity contribution in [1.29, 1.82) is 0 Å². The average Bonchev–Trinajstić information content (AvgIpc) is 2.55. The van der Waals surface area contributed by atoms with Crippen molar-refractivity contribution in [2.75, 3.05) is 13.6 Å². The van der Waals surface area contributed by atoms with Crippen molar-refractivity contribution >= 4 is 5.97 Å². The van der Waals surface area contributed by atoms with E-state index in [1.54, 1.807) is 6.92 Å². The summed E-state index contributed by atoms with van der Waals surface area (Å²) in [5.74, 6) is 0.00676. The van der Waals surface area contributed by atoms with Crippen LogP contribution in [-0.2, 0) is 4.79 Å². The van der Waals surface area contributed by atoms with Crippen LogP contribution in [-0.4, -0.2) is 35.6 Å². The summed E-state index contributed by atoms with van der Waals surface area (Å²) in [5, 5.41) is 8.78. The quantitative estimate of drug-likeness (QED) is 0.723. The molecule has 0 radical (unpaired) electrons. The molecule has 0 aliphatic heterocycles. The molecule has 0 aromatic rings. The monoisotopic (exact) mass is 185 g/mol. The second kappa shape index (κ2) is 4.61. The topological polar surface area (TPSA) is 40.5 Å². The molecule has 1 unspecified atom stereocenters. The van der Waals surface area contributed by atoms with Crippen LogP contribution < -0.4 is 0 Å². The normalized spacial score (nSPS) is 20.8. The molecule has 76 valence electrons. The zero-order valence-electron chi connectivity index (χ0n) is 8.49. The van der Waals surface area contributed by atoms with Gasteiger partial charge >= 0.3 is 5.97 Å². The van der Waals surface area contributed by atoms with Gasteiger partial charge in [0.15, 0.2) is 0 Å². The molecule has 0 heterocycles. The number of carboxylic acid groups (broad SMARTS) is 1. The highest BCUT2D eigenvalue weighted by Crippen LogP contribution is 2.25. The van der Waals surface area contributed by atoms with E-state index in [1.807, 2.05) is 11.9 Å². The summed E-state index contributed by atoms with van der Waals surface area (Å²) in [5.41, 5.74) is 0. The number of likely N-dealkylation sites (N-methyl/N-ethyl adjacent to an activating group) is 1. The molecule has 0 aromatic heterocycles. The van der Waals surface area contributed by atoms with E-state index in [-0.39, 0.29) is 6.04 Å². The van der Waals surface area contributed by atoms with Gasteiger partial charge in [-0.1, -0.05) is 12.8 Å². The van der Waals surface area contributed by atoms with Crippen LogP contribution in [0.25, 0.3) is 0 Å². The third-order valence-corrected chi connectivity index (χ3v) is 3.04. The SMILES string of the molecule is CC(C(=O)O)N(C)CC1CCCC1. The van der Waals surface area contributed by atoms with Crippen LogP contribution >= 0.6 is 0 Å². The molecule has 3 nitrogen and oxygen atoms in total. The molecule has 1 aliphatic rings. The Labute approximate surface area is 79.7 Å². The van der Waals surface area contributed by atoms with Crippen LogP contribution in [0.15, 0.2) is 0 Å². The summed E-state index contributed by atoms with van der Waals surface area (Å²) in [6.07, 6.45) is 5.19. The molecule has 1 saturated carbocycles. The summed E-state index contributed by atoms with van der Waals surface area (Å²) in [6.45, 7) is 2.69. The lowest BCUT2D eigenvalue weighted by molar-refractivity contribution is -0.142. The second-order valence-electron chi connectivity index (χ2n) is 4.10. The Balaban J connectivity index is 2.30. The molecular weight excluding hydrogens is 166 g/mol. The van der Waals surface area contributed by atoms with Crippen LogP contribution in [0.2, 0.25) is 0 Å². The molecule has 1 fully saturated rings. The summed E-state index contributed by atoms with van der Waals surface area (Å²) in [7, 11) is 1.90. The number of aliphatic carboxylic acids is 1. The first kappa shape index (κ1) is 10.5. The summed E-state index contributed by atoms with van der Waals surface area (Å²) < 4.78 is 0. The zero-order chi connectivity index (χ0) is 9.84. The molecule has 1 rings (SSSR count). The largest absolute Gasteiger partial charge is 0.480 e. The van der Waals surface area contributed by atoms with E-state index in [4.69, 9.17) is 5.11 Å². The van der Waals surface area contributed by atoms with Gasteiger partial charge in [0.05, 0.1) is 0 Å². The van der Waals surface area contributed by atoms with Crippen molar-refractivity contribution < 1.29 is 9.90 Å². The van der Waals surface area contributed by atoms with Crippen LogP contribution in [0.1, 0.15) is 32.6 Å². The van der Waals surface area contributed by atoms with E-state index >= 15 is 0 Å². The van der Waals surface area contributed by atoms with E-state index < -0.39 is 5.97 Å². The second-order valence-corrected chi connectivity index (χ2v) is 4.10. The lowest BCUT2D eigenvalue weighted by atomic mass is 10.1. The van der Waals surface area contributed by atoms with E-state index in [9.17, 15) is 4.79 Å². The minimum Gasteiger partial charge on any atom is -0.480 e. The Bertz CT molecular complexity index is 176. The van der Waals surface area contributed by atoms with Crippen LogP contribution in [0.5, 0.6) is 0 Å². The standard InChI is InChI=1S/C10H19NO2/c1-8(10(12)13)11(2)7-9-5-3-4-6-9/h8-9H,3-7H2,1-2H3,(H,12,13). The fraction of sp³-hybridized carbons (Fsp3) is 0.900. The first-order valence-electron chi connectivity index (χ1n) is 5.04. The van der Waals surface area contributed by atoms with Gasteiger partial charge in [-0.05, 0) is 32.7 Å². The van der Waals surface area contributed by atoms with Crippen LogP contribution in [0, 0.1) is 5.92 Å². The zero-order valence-corrected chi connectivity index (χ0v) is 8.49. The highest BCUT2D eigenvalue weighted by atomic mass is 16.4. The van der Waals surface area contributed by atoms with Crippen molar-refractivity contribution in [2.45, 2.75) is 38.6 Å². The van der Waals surface area contributed by atoms with Gasteiger partial charge in [-0.15, -0.1) is 0 Å². The number of hydrogen-bond acceptors (Lipinski definition) is 2. The van der Waals surface area contributed by atoms with Gasteiger partial charge in [0.2, 0.25) is 0 Å². The Morgan fingerprint density at radius 2 is 2.08 bits per heavy atom. The number of nitrogens with zero attached hydrogens (tertiary/aromatic N) is 1. The first-order chi connectivity index (χ1) is 6.11. The average molecular weight is 185 g/mol. The molecule has 13 heavy (non-hydrogen) atoms. The van der Waals surface area contributed by atoms with Crippen molar-refractivity contribution in [3.8, 4) is 0 Å². The molecular formula is C10H19NO2. The highest BCUT2D eigenvalue weighted by molar-refractivity contribution is 5.72. The predicted molar refractivity (Wildman–Crippen MR) is 51.7 cm³/mol. The van der Waals surface area contributed by atoms with Crippen LogP contribution in [0.3, 0.4) is 0 Å². The number of carbonyl (C=O) groups is 1. The van der Waals surface area contributed by atoms with Gasteiger partial charge < -0.3 is 5.11 Å². The minimum absolute atomic E-state index is 0.347. The lowest BCUT2D eigenvalue weighted by Crippen LogP contribution is -2.38. The molecule has 0 bridgehead atoms. The molecule has 0 amide bonds. The smallest absolute Gasteiger partial charge is 0.320 e. The minimum atomic E-state index is -0.722. The molecule has 0 spiro atoms. The molecule has 0 saturated heterocycles. The third-order valence-electron chi connectivity index (χ3n) is 3.04. The van der Waals surface area contributed by atoms with Crippen molar-refractivity contribution in [3.05, 3.63) is 0 Å². The van der Waals surface area contributed by atoms with Crippen molar-refractivity contribution in [2.24, 2.45) is 5.92 Å². The maximum Gasteiger partial charge on any atom is 0.320 e. The van der Waals surface area contributed by atoms with Crippen molar-refractivity contribution in [1.82, 2.24) is 4.90 Å². The van der Waals surface area contributed by atoms with E-state index in [2.05, 4.69) is 0 Å². The van der Waals surface area contributed by atoms with Gasteiger partial charge in [0.1, 0.15) is 6.04 Å². The Morgan fingerprint density at radius 3 is 2.54 bits per heavy atom. The number of carboxylic acids is 1. The van der Waals surface area contributed by atoms with Crippen molar-refractivity contribution in [3.63, 3.8) is 0 Å². The molecule has 1 aliphatic carbocycles. The van der Waals surface area contributed by atoms with E-state index in [1.165, 1.54) is 25.7 Å². The highest BCUT2D eigenvalue weighted by Gasteiger charge is 2.22. The van der Waals surface area contributed by atoms with Crippen LogP contribution in [0.4, 0.5) is 0 Å². The molecule has 1 N–H and O–H groups in total. The molecule has 1 atom stereocenters. The first-order valence-corrected chi connectivity index (χ1v) is 5.04. The molecule has 3 heteroatoms. The fourth-order valence-corrected chi connectivity index (χ4v) is 1.95. The van der Waals surface area contributed by atoms with Gasteiger partial charge in [-0.2, -0.15) is 0 Å². The Kier molecular flexibility index (Phi) is 3.72. The molecule has 0 aromatic carbocycles. The Morgan fingerprint density at radius 1 is 1.54 bits per heavy atom. The third kappa shape index (κ3) is 2.99. The maximum absolute atomic E-state index is 10.7. The van der Waals surface area contributed by atoms with Gasteiger partial charge in [-0.25, -0.2) is 0 Å². The summed E-state index contributed by atoms with van der Waals surface area (Å²) in [6, 6.07) is -0.347. The maximum atomic E-state index is 10.7. The van der Waals surface area contributed by atoms with Gasteiger partial charge in [-0.3, -0.25) is 9.69 Å². The fourth-order valence-electron chi connectivity index (χ4n) is 1.95. The van der Waals surface area contributed by atoms with E-state index in [0.717, 1.165) is 12.5 Å². The lowest BCUT2D eigenvalue weighted by Gasteiger charge is -2.24. The number of rotatable bonds is 4. The predicted octanol–water partition coefficient (Wildman–Crippen LogP) is 1.58. The summed E-state index contributed by atoms with van der Waals surface area (Å²) in [4.78, 5) is 12.6. The van der Waals surface area contributed by atoms with Gasteiger partial charge in [0.25, 0.3) is 0 Å². The van der Waals surface area contributed by atoms with E-state index in [0.29, 0.717) is 0 Å². The number of hydrogen-bond donors (Lipinski definition) is 1. The Hall–Kier alpha value is -0.570. The summed E-state index contributed by atoms with van der Waals surface area (Å²) >= 11 is 0.